The molecule has 0 spiro atoms. The first-order valence-electron chi connectivity index (χ1n) is 4.39. The molecule has 0 aliphatic carbocycles. The number of rotatable bonds is 1. The largest absolute Gasteiger partial charge is 0.490 e. The molecule has 1 aromatic carbocycles. The second-order valence-corrected chi connectivity index (χ2v) is 3.38. The normalized spacial score (nSPS) is 16.5. The summed E-state index contributed by atoms with van der Waals surface area (Å²) < 4.78 is 18.5. The Balaban J connectivity index is 2.49. The highest BCUT2D eigenvalue weighted by Gasteiger charge is 2.18. The molecule has 1 aromatic rings. The van der Waals surface area contributed by atoms with Crippen molar-refractivity contribution in [1.29, 1.82) is 0 Å². The standard InChI is InChI=1S/C10H12FNO/c1-6(12)8-4-7-2-3-13-10(7)9(11)5-8/h4-6H,2-3,12H2,1H3/t6-/m0/s1. The average Bonchev–Trinajstić information content (AvgIpc) is 2.51. The number of benzene rings is 1. The van der Waals surface area contributed by atoms with Crippen LogP contribution in [-0.2, 0) is 6.42 Å². The Morgan fingerprint density at radius 1 is 1.54 bits per heavy atom. The molecule has 0 fully saturated rings. The highest BCUT2D eigenvalue weighted by atomic mass is 19.1. The average molecular weight is 181 g/mol. The van der Waals surface area contributed by atoms with E-state index in [2.05, 4.69) is 0 Å². The van der Waals surface area contributed by atoms with Crippen molar-refractivity contribution in [3.05, 3.63) is 29.1 Å². The van der Waals surface area contributed by atoms with Crippen LogP contribution < -0.4 is 10.5 Å². The fraction of sp³-hybridized carbons (Fsp3) is 0.400. The number of fused-ring (bicyclic) bond motifs is 1. The first-order valence-corrected chi connectivity index (χ1v) is 4.39. The van der Waals surface area contributed by atoms with Gasteiger partial charge in [-0.25, -0.2) is 4.39 Å². The molecule has 1 aliphatic rings. The third kappa shape index (κ3) is 1.40. The molecule has 1 heterocycles. The molecule has 0 amide bonds. The fourth-order valence-electron chi connectivity index (χ4n) is 1.55. The van der Waals surface area contributed by atoms with Crippen LogP contribution in [0.15, 0.2) is 12.1 Å². The molecular weight excluding hydrogens is 169 g/mol. The molecule has 0 unspecified atom stereocenters. The van der Waals surface area contributed by atoms with Crippen molar-refractivity contribution in [3.8, 4) is 5.75 Å². The van der Waals surface area contributed by atoms with Gasteiger partial charge in [0.05, 0.1) is 6.61 Å². The summed E-state index contributed by atoms with van der Waals surface area (Å²) in [5.41, 5.74) is 7.44. The molecule has 70 valence electrons. The first kappa shape index (κ1) is 8.51. The van der Waals surface area contributed by atoms with Gasteiger partial charge in [-0.05, 0) is 18.6 Å². The van der Waals surface area contributed by atoms with Gasteiger partial charge in [0.25, 0.3) is 0 Å². The lowest BCUT2D eigenvalue weighted by molar-refractivity contribution is 0.339. The van der Waals surface area contributed by atoms with E-state index in [1.54, 1.807) is 0 Å². The van der Waals surface area contributed by atoms with E-state index >= 15 is 0 Å². The summed E-state index contributed by atoms with van der Waals surface area (Å²) in [6.45, 7) is 2.42. The summed E-state index contributed by atoms with van der Waals surface area (Å²) in [5, 5.41) is 0. The van der Waals surface area contributed by atoms with E-state index in [-0.39, 0.29) is 11.9 Å². The topological polar surface area (TPSA) is 35.2 Å². The maximum absolute atomic E-state index is 13.3. The predicted octanol–water partition coefficient (Wildman–Crippen LogP) is 1.78. The van der Waals surface area contributed by atoms with Crippen molar-refractivity contribution >= 4 is 0 Å². The lowest BCUT2D eigenvalue weighted by atomic mass is 10.0. The van der Waals surface area contributed by atoms with Crippen molar-refractivity contribution in [2.45, 2.75) is 19.4 Å². The Bertz CT molecular complexity index is 336. The van der Waals surface area contributed by atoms with Crippen LogP contribution in [0, 0.1) is 5.82 Å². The van der Waals surface area contributed by atoms with E-state index in [0.29, 0.717) is 12.4 Å². The molecule has 1 atom stereocenters. The number of ether oxygens (including phenoxy) is 1. The van der Waals surface area contributed by atoms with Crippen LogP contribution in [0.3, 0.4) is 0 Å². The molecule has 13 heavy (non-hydrogen) atoms. The first-order chi connectivity index (χ1) is 6.18. The van der Waals surface area contributed by atoms with Gasteiger partial charge >= 0.3 is 0 Å². The maximum Gasteiger partial charge on any atom is 0.165 e. The Morgan fingerprint density at radius 3 is 3.00 bits per heavy atom. The van der Waals surface area contributed by atoms with Crippen molar-refractivity contribution in [2.75, 3.05) is 6.61 Å². The summed E-state index contributed by atoms with van der Waals surface area (Å²) in [6.07, 6.45) is 0.785. The van der Waals surface area contributed by atoms with Crippen LogP contribution in [0.25, 0.3) is 0 Å². The van der Waals surface area contributed by atoms with Crippen LogP contribution >= 0.6 is 0 Å². The molecule has 2 N–H and O–H groups in total. The molecule has 0 aromatic heterocycles. The lowest BCUT2D eigenvalue weighted by Crippen LogP contribution is -2.05. The summed E-state index contributed by atoms with van der Waals surface area (Å²) >= 11 is 0. The Kier molecular flexibility index (Phi) is 1.96. The van der Waals surface area contributed by atoms with Crippen LogP contribution in [0.1, 0.15) is 24.1 Å². The number of hydrogen-bond donors (Lipinski definition) is 1. The molecule has 0 bridgehead atoms. The Labute approximate surface area is 76.5 Å². The van der Waals surface area contributed by atoms with Gasteiger partial charge in [-0.1, -0.05) is 6.07 Å². The quantitative estimate of drug-likeness (QED) is 0.716. The lowest BCUT2D eigenvalue weighted by Gasteiger charge is -2.08. The van der Waals surface area contributed by atoms with Gasteiger partial charge in [0.2, 0.25) is 0 Å². The van der Waals surface area contributed by atoms with E-state index in [1.807, 2.05) is 13.0 Å². The van der Waals surface area contributed by atoms with Gasteiger partial charge < -0.3 is 10.5 Å². The van der Waals surface area contributed by atoms with Gasteiger partial charge in [-0.15, -0.1) is 0 Å². The zero-order valence-corrected chi connectivity index (χ0v) is 7.51. The van der Waals surface area contributed by atoms with E-state index in [1.165, 1.54) is 6.07 Å². The minimum Gasteiger partial charge on any atom is -0.490 e. The summed E-state index contributed by atoms with van der Waals surface area (Å²) in [7, 11) is 0. The second kappa shape index (κ2) is 3.00. The molecule has 0 radical (unpaired) electrons. The van der Waals surface area contributed by atoms with Crippen molar-refractivity contribution in [1.82, 2.24) is 0 Å². The monoisotopic (exact) mass is 181 g/mol. The van der Waals surface area contributed by atoms with Crippen molar-refractivity contribution in [3.63, 3.8) is 0 Å². The van der Waals surface area contributed by atoms with Crippen molar-refractivity contribution in [2.24, 2.45) is 5.73 Å². The molecule has 3 heteroatoms. The number of halogens is 1. The second-order valence-electron chi connectivity index (χ2n) is 3.38. The van der Waals surface area contributed by atoms with Crippen LogP contribution in [0.5, 0.6) is 5.75 Å². The van der Waals surface area contributed by atoms with E-state index in [9.17, 15) is 4.39 Å². The fourth-order valence-corrected chi connectivity index (χ4v) is 1.55. The van der Waals surface area contributed by atoms with Gasteiger partial charge in [0, 0.05) is 18.0 Å². The van der Waals surface area contributed by atoms with Gasteiger partial charge in [0.1, 0.15) is 0 Å². The predicted molar refractivity (Wildman–Crippen MR) is 48.2 cm³/mol. The summed E-state index contributed by atoms with van der Waals surface area (Å²) in [5.74, 6) is 0.117. The molecule has 1 aliphatic heterocycles. The number of hydrogen-bond acceptors (Lipinski definition) is 2. The van der Waals surface area contributed by atoms with Gasteiger partial charge in [-0.2, -0.15) is 0 Å². The number of nitrogens with two attached hydrogens (primary N) is 1. The molecule has 0 saturated heterocycles. The molecule has 0 saturated carbocycles. The minimum absolute atomic E-state index is 0.125. The Morgan fingerprint density at radius 2 is 2.31 bits per heavy atom. The van der Waals surface area contributed by atoms with E-state index < -0.39 is 0 Å². The zero-order valence-electron chi connectivity index (χ0n) is 7.51. The Hall–Kier alpha value is -1.09. The minimum atomic E-state index is -0.290. The van der Waals surface area contributed by atoms with E-state index in [4.69, 9.17) is 10.5 Å². The van der Waals surface area contributed by atoms with Crippen LogP contribution in [-0.4, -0.2) is 6.61 Å². The maximum atomic E-state index is 13.3. The van der Waals surface area contributed by atoms with Crippen molar-refractivity contribution < 1.29 is 9.13 Å². The van der Waals surface area contributed by atoms with Crippen LogP contribution in [0.4, 0.5) is 4.39 Å². The third-order valence-corrected chi connectivity index (χ3v) is 2.29. The summed E-state index contributed by atoms with van der Waals surface area (Å²) in [6, 6.07) is 3.26. The third-order valence-electron chi connectivity index (χ3n) is 2.29. The van der Waals surface area contributed by atoms with Gasteiger partial charge in [0.15, 0.2) is 11.6 Å². The highest BCUT2D eigenvalue weighted by Crippen LogP contribution is 2.30. The SMILES string of the molecule is C[C@H](N)c1cc(F)c2c(c1)CCO2. The zero-order chi connectivity index (χ0) is 9.42. The van der Waals surface area contributed by atoms with Gasteiger partial charge in [-0.3, -0.25) is 0 Å². The molecular formula is C10H12FNO. The van der Waals surface area contributed by atoms with E-state index in [0.717, 1.165) is 17.5 Å². The molecule has 2 rings (SSSR count). The smallest absolute Gasteiger partial charge is 0.165 e. The van der Waals surface area contributed by atoms with Crippen LogP contribution in [0.2, 0.25) is 0 Å². The summed E-state index contributed by atoms with van der Waals surface area (Å²) in [4.78, 5) is 0. The molecule has 2 nitrogen and oxygen atoms in total. The highest BCUT2D eigenvalue weighted by molar-refractivity contribution is 5.41.